The summed E-state index contributed by atoms with van der Waals surface area (Å²) in [5, 5.41) is 6.74. The largest absolute Gasteiger partial charge is 0.314 e. The van der Waals surface area contributed by atoms with E-state index in [4.69, 9.17) is 4.98 Å². The van der Waals surface area contributed by atoms with Crippen molar-refractivity contribution in [3.05, 3.63) is 51.7 Å². The van der Waals surface area contributed by atoms with Crippen LogP contribution in [0.2, 0.25) is 0 Å². The van der Waals surface area contributed by atoms with Gasteiger partial charge < -0.3 is 5.32 Å². The Bertz CT molecular complexity index is 619. The summed E-state index contributed by atoms with van der Waals surface area (Å²) in [6.07, 6.45) is 2.17. The standard InChI is InChI=1S/C17H22FN3S.ClH/c1-2-4-15-12-22-17(20-15)11-21-8-7-19-10-16(21)13-5-3-6-14(18)9-13;/h3,5-6,9,12,16,19H,2,4,7-8,10-11H2,1H3;1H. The summed E-state index contributed by atoms with van der Waals surface area (Å²) in [6, 6.07) is 7.16. The first-order chi connectivity index (χ1) is 10.8. The predicted octanol–water partition coefficient (Wildman–Crippen LogP) is 3.80. The number of piperazine rings is 1. The number of hydrogen-bond donors (Lipinski definition) is 1. The quantitative estimate of drug-likeness (QED) is 0.884. The third-order valence-corrected chi connectivity index (χ3v) is 4.91. The second kappa shape index (κ2) is 8.73. The maximum absolute atomic E-state index is 13.5. The highest BCUT2D eigenvalue weighted by Gasteiger charge is 2.24. The van der Waals surface area contributed by atoms with E-state index in [-0.39, 0.29) is 24.3 Å². The van der Waals surface area contributed by atoms with Crippen molar-refractivity contribution in [2.75, 3.05) is 19.6 Å². The molecule has 1 aliphatic rings. The monoisotopic (exact) mass is 355 g/mol. The molecule has 2 heterocycles. The maximum atomic E-state index is 13.5. The van der Waals surface area contributed by atoms with Crippen molar-refractivity contribution in [1.29, 1.82) is 0 Å². The zero-order valence-electron chi connectivity index (χ0n) is 13.3. The molecular weight excluding hydrogens is 333 g/mol. The number of aryl methyl sites for hydroxylation is 1. The first-order valence-corrected chi connectivity index (χ1v) is 8.77. The normalized spacial score (nSPS) is 18.6. The number of hydrogen-bond acceptors (Lipinski definition) is 4. The highest BCUT2D eigenvalue weighted by Crippen LogP contribution is 2.25. The third-order valence-electron chi connectivity index (χ3n) is 4.03. The van der Waals surface area contributed by atoms with Gasteiger partial charge in [-0.15, -0.1) is 23.7 Å². The van der Waals surface area contributed by atoms with Gasteiger partial charge in [0.25, 0.3) is 0 Å². The van der Waals surface area contributed by atoms with Crippen LogP contribution in [0, 0.1) is 5.82 Å². The van der Waals surface area contributed by atoms with Gasteiger partial charge in [0.1, 0.15) is 10.8 Å². The Hall–Kier alpha value is -1.01. The average molecular weight is 356 g/mol. The van der Waals surface area contributed by atoms with Crippen molar-refractivity contribution >= 4 is 23.7 Å². The Morgan fingerprint density at radius 3 is 3.09 bits per heavy atom. The summed E-state index contributed by atoms with van der Waals surface area (Å²) in [5.41, 5.74) is 2.23. The van der Waals surface area contributed by atoms with Gasteiger partial charge in [0.05, 0.1) is 12.2 Å². The minimum Gasteiger partial charge on any atom is -0.314 e. The van der Waals surface area contributed by atoms with E-state index < -0.39 is 0 Å². The van der Waals surface area contributed by atoms with Crippen molar-refractivity contribution < 1.29 is 4.39 Å². The molecule has 1 aromatic carbocycles. The summed E-state index contributed by atoms with van der Waals surface area (Å²) < 4.78 is 13.5. The highest BCUT2D eigenvalue weighted by atomic mass is 35.5. The Morgan fingerprint density at radius 2 is 2.30 bits per heavy atom. The number of thiazole rings is 1. The van der Waals surface area contributed by atoms with Gasteiger partial charge in [0.2, 0.25) is 0 Å². The fourth-order valence-electron chi connectivity index (χ4n) is 2.94. The van der Waals surface area contributed by atoms with Crippen LogP contribution in [0.1, 0.15) is 35.7 Å². The van der Waals surface area contributed by atoms with Crippen LogP contribution in [-0.2, 0) is 13.0 Å². The lowest BCUT2D eigenvalue weighted by atomic mass is 10.0. The number of aromatic nitrogens is 1. The van der Waals surface area contributed by atoms with Crippen LogP contribution in [0.3, 0.4) is 0 Å². The van der Waals surface area contributed by atoms with E-state index in [1.807, 2.05) is 6.07 Å². The Balaban J connectivity index is 0.00000192. The lowest BCUT2D eigenvalue weighted by Gasteiger charge is -2.36. The van der Waals surface area contributed by atoms with Crippen LogP contribution >= 0.6 is 23.7 Å². The van der Waals surface area contributed by atoms with E-state index in [1.165, 1.54) is 11.8 Å². The molecule has 1 saturated heterocycles. The zero-order valence-corrected chi connectivity index (χ0v) is 14.9. The molecule has 6 heteroatoms. The number of nitrogens with zero attached hydrogens (tertiary/aromatic N) is 2. The van der Waals surface area contributed by atoms with Gasteiger partial charge >= 0.3 is 0 Å². The molecular formula is C17H23ClFN3S. The molecule has 0 radical (unpaired) electrons. The first-order valence-electron chi connectivity index (χ1n) is 7.89. The summed E-state index contributed by atoms with van der Waals surface area (Å²) in [5.74, 6) is -0.164. The molecule has 1 unspecified atom stereocenters. The minimum atomic E-state index is -0.164. The molecule has 3 rings (SSSR count). The van der Waals surface area contributed by atoms with Crippen LogP contribution in [-0.4, -0.2) is 29.5 Å². The van der Waals surface area contributed by atoms with Crippen molar-refractivity contribution in [2.45, 2.75) is 32.4 Å². The number of nitrogens with one attached hydrogen (secondary N) is 1. The lowest BCUT2D eigenvalue weighted by molar-refractivity contribution is 0.153. The number of benzene rings is 1. The molecule has 1 fully saturated rings. The highest BCUT2D eigenvalue weighted by molar-refractivity contribution is 7.09. The van der Waals surface area contributed by atoms with Crippen LogP contribution in [0.4, 0.5) is 4.39 Å². The minimum absolute atomic E-state index is 0. The molecule has 1 aromatic heterocycles. The van der Waals surface area contributed by atoms with Gasteiger partial charge in [0, 0.05) is 31.1 Å². The lowest BCUT2D eigenvalue weighted by Crippen LogP contribution is -2.45. The van der Waals surface area contributed by atoms with Gasteiger partial charge in [-0.1, -0.05) is 25.5 Å². The molecule has 1 atom stereocenters. The second-order valence-electron chi connectivity index (χ2n) is 5.73. The molecule has 0 aliphatic carbocycles. The van der Waals surface area contributed by atoms with Crippen LogP contribution < -0.4 is 5.32 Å². The summed E-state index contributed by atoms with van der Waals surface area (Å²) >= 11 is 1.74. The first kappa shape index (κ1) is 18.3. The molecule has 2 aromatic rings. The predicted molar refractivity (Wildman–Crippen MR) is 95.8 cm³/mol. The molecule has 3 nitrogen and oxygen atoms in total. The van der Waals surface area contributed by atoms with Crippen molar-refractivity contribution in [3.8, 4) is 0 Å². The van der Waals surface area contributed by atoms with Gasteiger partial charge in [0.15, 0.2) is 0 Å². The molecule has 1 aliphatic heterocycles. The van der Waals surface area contributed by atoms with Crippen LogP contribution in [0.25, 0.3) is 0 Å². The molecule has 1 N–H and O–H groups in total. The average Bonchev–Trinajstić information content (AvgIpc) is 2.95. The summed E-state index contributed by atoms with van der Waals surface area (Å²) in [6.45, 7) is 5.81. The molecule has 126 valence electrons. The molecule has 0 amide bonds. The summed E-state index contributed by atoms with van der Waals surface area (Å²) in [4.78, 5) is 7.12. The SMILES string of the molecule is CCCc1csc(CN2CCNCC2c2cccc(F)c2)n1.Cl. The Labute approximate surface area is 147 Å². The van der Waals surface area contributed by atoms with Gasteiger partial charge in [-0.05, 0) is 24.1 Å². The molecule has 0 saturated carbocycles. The molecule has 0 spiro atoms. The Morgan fingerprint density at radius 1 is 1.43 bits per heavy atom. The summed E-state index contributed by atoms with van der Waals surface area (Å²) in [7, 11) is 0. The van der Waals surface area contributed by atoms with E-state index in [1.54, 1.807) is 23.5 Å². The fourth-order valence-corrected chi connectivity index (χ4v) is 3.80. The van der Waals surface area contributed by atoms with Gasteiger partial charge in [-0.2, -0.15) is 0 Å². The third kappa shape index (κ3) is 4.73. The number of rotatable bonds is 5. The van der Waals surface area contributed by atoms with Crippen LogP contribution in [0.15, 0.2) is 29.6 Å². The van der Waals surface area contributed by atoms with Crippen molar-refractivity contribution in [3.63, 3.8) is 0 Å². The maximum Gasteiger partial charge on any atom is 0.123 e. The topological polar surface area (TPSA) is 28.2 Å². The number of halogens is 2. The van der Waals surface area contributed by atoms with E-state index >= 15 is 0 Å². The molecule has 0 bridgehead atoms. The molecule has 23 heavy (non-hydrogen) atoms. The van der Waals surface area contributed by atoms with Gasteiger partial charge in [-0.25, -0.2) is 9.37 Å². The van der Waals surface area contributed by atoms with E-state index in [0.717, 1.165) is 49.6 Å². The van der Waals surface area contributed by atoms with Gasteiger partial charge in [-0.3, -0.25) is 4.90 Å². The van der Waals surface area contributed by atoms with E-state index in [2.05, 4.69) is 22.5 Å². The fraction of sp³-hybridized carbons (Fsp3) is 0.471. The second-order valence-corrected chi connectivity index (χ2v) is 6.67. The Kier molecular flexibility index (Phi) is 6.96. The smallest absolute Gasteiger partial charge is 0.123 e. The van der Waals surface area contributed by atoms with Crippen LogP contribution in [0.5, 0.6) is 0 Å². The zero-order chi connectivity index (χ0) is 15.4. The van der Waals surface area contributed by atoms with E-state index in [9.17, 15) is 4.39 Å². The van der Waals surface area contributed by atoms with Crippen molar-refractivity contribution in [2.24, 2.45) is 0 Å². The van der Waals surface area contributed by atoms with Crippen molar-refractivity contribution in [1.82, 2.24) is 15.2 Å². The van der Waals surface area contributed by atoms with E-state index in [0.29, 0.717) is 0 Å².